The Morgan fingerprint density at radius 3 is 3.24 bits per heavy atom. The quantitative estimate of drug-likeness (QED) is 0.898. The third-order valence-electron chi connectivity index (χ3n) is 4.73. The number of fused-ring (bicyclic) bond motifs is 1. The van der Waals surface area contributed by atoms with Gasteiger partial charge in [0.1, 0.15) is 0 Å². The zero-order valence-electron chi connectivity index (χ0n) is 12.5. The molecule has 1 aliphatic carbocycles. The van der Waals surface area contributed by atoms with Gasteiger partial charge in [0, 0.05) is 37.9 Å². The summed E-state index contributed by atoms with van der Waals surface area (Å²) in [7, 11) is 0. The lowest BCUT2D eigenvalue weighted by Crippen LogP contribution is -2.52. The molecule has 0 spiro atoms. The standard InChI is InChI=1S/C15H23N3O2S/c1-11(19)16-14-17-13(10-21-14)9-18-7-6-15(20)5-3-2-4-12(15)8-18/h10,12,20H,2-9H2,1H3,(H,16,17,19). The second-order valence-electron chi connectivity index (χ2n) is 6.36. The molecule has 6 heteroatoms. The van der Waals surface area contributed by atoms with Crippen LogP contribution in [0.3, 0.4) is 0 Å². The van der Waals surface area contributed by atoms with Gasteiger partial charge in [-0.1, -0.05) is 12.8 Å². The Labute approximate surface area is 129 Å². The average Bonchev–Trinajstić information content (AvgIpc) is 2.85. The number of carbonyl (C=O) groups excluding carboxylic acids is 1. The van der Waals surface area contributed by atoms with Crippen molar-refractivity contribution in [3.63, 3.8) is 0 Å². The summed E-state index contributed by atoms with van der Waals surface area (Å²) < 4.78 is 0. The highest BCUT2D eigenvalue weighted by Gasteiger charge is 2.42. The topological polar surface area (TPSA) is 65.5 Å². The number of aromatic nitrogens is 1. The van der Waals surface area contributed by atoms with Crippen molar-refractivity contribution in [1.29, 1.82) is 0 Å². The molecule has 1 aromatic heterocycles. The summed E-state index contributed by atoms with van der Waals surface area (Å²) >= 11 is 1.47. The fourth-order valence-corrected chi connectivity index (χ4v) is 4.35. The van der Waals surface area contributed by atoms with Crippen LogP contribution in [0.15, 0.2) is 5.38 Å². The summed E-state index contributed by atoms with van der Waals surface area (Å²) in [5.74, 6) is 0.328. The number of aliphatic hydroxyl groups is 1. The predicted octanol–water partition coefficient (Wildman–Crippen LogP) is 2.23. The summed E-state index contributed by atoms with van der Waals surface area (Å²) in [6.45, 7) is 4.20. The minimum atomic E-state index is -0.418. The smallest absolute Gasteiger partial charge is 0.223 e. The number of thiazole rings is 1. The molecule has 2 aliphatic rings. The van der Waals surface area contributed by atoms with Crippen molar-refractivity contribution in [3.8, 4) is 0 Å². The predicted molar refractivity (Wildman–Crippen MR) is 83.2 cm³/mol. The number of rotatable bonds is 3. The first kappa shape index (κ1) is 14.9. The lowest BCUT2D eigenvalue weighted by atomic mass is 9.71. The number of amides is 1. The van der Waals surface area contributed by atoms with Gasteiger partial charge >= 0.3 is 0 Å². The van der Waals surface area contributed by atoms with Crippen LogP contribution in [0, 0.1) is 5.92 Å². The van der Waals surface area contributed by atoms with Gasteiger partial charge < -0.3 is 10.4 Å². The first-order chi connectivity index (χ1) is 10.0. The average molecular weight is 309 g/mol. The van der Waals surface area contributed by atoms with Crippen LogP contribution in [0.5, 0.6) is 0 Å². The van der Waals surface area contributed by atoms with Crippen LogP contribution >= 0.6 is 11.3 Å². The molecule has 0 aromatic carbocycles. The maximum atomic E-state index is 11.0. The lowest BCUT2D eigenvalue weighted by Gasteiger charge is -2.47. The van der Waals surface area contributed by atoms with Crippen LogP contribution in [0.25, 0.3) is 0 Å². The third-order valence-corrected chi connectivity index (χ3v) is 5.54. The molecule has 3 rings (SSSR count). The fraction of sp³-hybridized carbons (Fsp3) is 0.733. The summed E-state index contributed by atoms with van der Waals surface area (Å²) in [6.07, 6.45) is 5.39. The van der Waals surface area contributed by atoms with Gasteiger partial charge in [-0.25, -0.2) is 4.98 Å². The number of nitrogens with zero attached hydrogens (tertiary/aromatic N) is 2. The zero-order chi connectivity index (χ0) is 14.9. The van der Waals surface area contributed by atoms with Gasteiger partial charge in [0.25, 0.3) is 0 Å². The maximum Gasteiger partial charge on any atom is 0.223 e. The number of anilines is 1. The van der Waals surface area contributed by atoms with Crippen LogP contribution in [-0.4, -0.2) is 39.6 Å². The summed E-state index contributed by atoms with van der Waals surface area (Å²) in [6, 6.07) is 0. The molecule has 1 amide bonds. The Kier molecular flexibility index (Phi) is 4.28. The first-order valence-electron chi connectivity index (χ1n) is 7.72. The van der Waals surface area contributed by atoms with E-state index in [4.69, 9.17) is 0 Å². The van der Waals surface area contributed by atoms with Gasteiger partial charge in [-0.05, 0) is 19.3 Å². The molecule has 2 heterocycles. The van der Waals surface area contributed by atoms with Crippen molar-refractivity contribution >= 4 is 22.4 Å². The normalized spacial score (nSPS) is 29.9. The highest BCUT2D eigenvalue weighted by atomic mass is 32.1. The molecule has 21 heavy (non-hydrogen) atoms. The van der Waals surface area contributed by atoms with Crippen molar-refractivity contribution in [2.24, 2.45) is 5.92 Å². The van der Waals surface area contributed by atoms with E-state index < -0.39 is 5.60 Å². The van der Waals surface area contributed by atoms with Crippen molar-refractivity contribution in [3.05, 3.63) is 11.1 Å². The minimum Gasteiger partial charge on any atom is -0.390 e. The number of carbonyl (C=O) groups is 1. The molecule has 1 aliphatic heterocycles. The van der Waals surface area contributed by atoms with Gasteiger partial charge in [-0.3, -0.25) is 9.69 Å². The summed E-state index contributed by atoms with van der Waals surface area (Å²) in [4.78, 5) is 17.9. The molecular formula is C15H23N3O2S. The van der Waals surface area contributed by atoms with E-state index >= 15 is 0 Å². The molecular weight excluding hydrogens is 286 g/mol. The fourth-order valence-electron chi connectivity index (χ4n) is 3.60. The molecule has 1 aromatic rings. The van der Waals surface area contributed by atoms with Gasteiger partial charge in [0.05, 0.1) is 11.3 Å². The number of piperidine rings is 1. The van der Waals surface area contributed by atoms with Gasteiger partial charge in [-0.2, -0.15) is 0 Å². The molecule has 0 bridgehead atoms. The first-order valence-corrected chi connectivity index (χ1v) is 8.60. The second kappa shape index (κ2) is 6.02. The van der Waals surface area contributed by atoms with Crippen LogP contribution in [0.4, 0.5) is 5.13 Å². The number of hydrogen-bond acceptors (Lipinski definition) is 5. The highest BCUT2D eigenvalue weighted by Crippen LogP contribution is 2.40. The molecule has 1 saturated carbocycles. The van der Waals surface area contributed by atoms with E-state index in [1.807, 2.05) is 5.38 Å². The van der Waals surface area contributed by atoms with E-state index in [2.05, 4.69) is 15.2 Å². The van der Waals surface area contributed by atoms with Crippen LogP contribution in [0.2, 0.25) is 0 Å². The molecule has 2 atom stereocenters. The van der Waals surface area contributed by atoms with Crippen molar-refractivity contribution in [2.75, 3.05) is 18.4 Å². The van der Waals surface area contributed by atoms with Crippen LogP contribution < -0.4 is 5.32 Å². The van der Waals surface area contributed by atoms with Crippen molar-refractivity contribution < 1.29 is 9.90 Å². The summed E-state index contributed by atoms with van der Waals surface area (Å²) in [5.41, 5.74) is 0.586. The number of likely N-dealkylation sites (tertiary alicyclic amines) is 1. The Morgan fingerprint density at radius 1 is 1.57 bits per heavy atom. The molecule has 5 nitrogen and oxygen atoms in total. The molecule has 1 saturated heterocycles. The Morgan fingerprint density at radius 2 is 2.43 bits per heavy atom. The third kappa shape index (κ3) is 3.44. The molecule has 2 fully saturated rings. The number of nitrogens with one attached hydrogen (secondary N) is 1. The van der Waals surface area contributed by atoms with E-state index in [0.29, 0.717) is 11.0 Å². The van der Waals surface area contributed by atoms with E-state index in [1.165, 1.54) is 31.1 Å². The Hall–Kier alpha value is -0.980. The van der Waals surface area contributed by atoms with E-state index in [-0.39, 0.29) is 5.91 Å². The molecule has 2 unspecified atom stereocenters. The van der Waals surface area contributed by atoms with Crippen LogP contribution in [-0.2, 0) is 11.3 Å². The van der Waals surface area contributed by atoms with Crippen LogP contribution in [0.1, 0.15) is 44.7 Å². The minimum absolute atomic E-state index is 0.0823. The molecule has 0 radical (unpaired) electrons. The maximum absolute atomic E-state index is 11.0. The lowest BCUT2D eigenvalue weighted by molar-refractivity contribution is -0.114. The second-order valence-corrected chi connectivity index (χ2v) is 7.21. The monoisotopic (exact) mass is 309 g/mol. The summed E-state index contributed by atoms with van der Waals surface area (Å²) in [5, 5.41) is 16.1. The Bertz CT molecular complexity index is 519. The van der Waals surface area contributed by atoms with Crippen molar-refractivity contribution in [2.45, 2.75) is 51.2 Å². The van der Waals surface area contributed by atoms with Gasteiger partial charge in [0.15, 0.2) is 5.13 Å². The zero-order valence-corrected chi connectivity index (χ0v) is 13.3. The van der Waals surface area contributed by atoms with Crippen molar-refractivity contribution in [1.82, 2.24) is 9.88 Å². The largest absolute Gasteiger partial charge is 0.390 e. The number of hydrogen-bond donors (Lipinski definition) is 2. The van der Waals surface area contributed by atoms with E-state index in [1.54, 1.807) is 0 Å². The SMILES string of the molecule is CC(=O)Nc1nc(CN2CCC3(O)CCCCC3C2)cs1. The molecule has 116 valence electrons. The molecule has 2 N–H and O–H groups in total. The van der Waals surface area contributed by atoms with Gasteiger partial charge in [0.2, 0.25) is 5.91 Å². The van der Waals surface area contributed by atoms with E-state index in [9.17, 15) is 9.90 Å². The van der Waals surface area contributed by atoms with Gasteiger partial charge in [-0.15, -0.1) is 11.3 Å². The highest BCUT2D eigenvalue weighted by molar-refractivity contribution is 7.13. The van der Waals surface area contributed by atoms with E-state index in [0.717, 1.165) is 44.6 Å². The Balaban J connectivity index is 1.59.